The zero-order chi connectivity index (χ0) is 23.6. The SMILES string of the molecule is Cc1nn(Cc2ccc(C(=O)N(C)Cc3ccccc3C(F)(F)F)cc2)c(C)c1[N+](=O)[O-]. The van der Waals surface area contributed by atoms with E-state index in [4.69, 9.17) is 0 Å². The first-order valence-electron chi connectivity index (χ1n) is 9.67. The van der Waals surface area contributed by atoms with E-state index in [1.807, 2.05) is 0 Å². The summed E-state index contributed by atoms with van der Waals surface area (Å²) in [6.07, 6.45) is -4.50. The van der Waals surface area contributed by atoms with E-state index in [1.54, 1.807) is 38.1 Å². The van der Waals surface area contributed by atoms with Crippen molar-refractivity contribution in [3.8, 4) is 0 Å². The van der Waals surface area contributed by atoms with Crippen LogP contribution in [0.3, 0.4) is 0 Å². The van der Waals surface area contributed by atoms with Gasteiger partial charge in [0.1, 0.15) is 11.4 Å². The highest BCUT2D eigenvalue weighted by Crippen LogP contribution is 2.32. The second-order valence-corrected chi connectivity index (χ2v) is 7.45. The maximum absolute atomic E-state index is 13.2. The maximum Gasteiger partial charge on any atom is 0.416 e. The number of amides is 1. The van der Waals surface area contributed by atoms with Gasteiger partial charge in [0.2, 0.25) is 0 Å². The highest BCUT2D eigenvalue weighted by atomic mass is 19.4. The molecule has 0 fully saturated rings. The van der Waals surface area contributed by atoms with Crippen LogP contribution in [0.2, 0.25) is 0 Å². The van der Waals surface area contributed by atoms with Crippen molar-refractivity contribution in [2.45, 2.75) is 33.1 Å². The highest BCUT2D eigenvalue weighted by molar-refractivity contribution is 5.94. The number of aromatic nitrogens is 2. The zero-order valence-electron chi connectivity index (χ0n) is 17.7. The van der Waals surface area contributed by atoms with Crippen LogP contribution < -0.4 is 0 Å². The second kappa shape index (κ2) is 8.81. The molecular weight excluding hydrogens is 425 g/mol. The summed E-state index contributed by atoms with van der Waals surface area (Å²) in [6.45, 7) is 3.27. The molecule has 0 N–H and O–H groups in total. The summed E-state index contributed by atoms with van der Waals surface area (Å²) in [5, 5.41) is 15.3. The molecule has 0 aliphatic carbocycles. The van der Waals surface area contributed by atoms with Gasteiger partial charge in [-0.05, 0) is 43.2 Å². The molecule has 2 aromatic carbocycles. The van der Waals surface area contributed by atoms with Crippen LogP contribution in [0.4, 0.5) is 18.9 Å². The number of aryl methyl sites for hydroxylation is 1. The summed E-state index contributed by atoms with van der Waals surface area (Å²) in [5.74, 6) is -0.421. The third-order valence-corrected chi connectivity index (χ3v) is 5.14. The van der Waals surface area contributed by atoms with E-state index in [0.29, 0.717) is 17.0 Å². The molecule has 0 saturated carbocycles. The minimum Gasteiger partial charge on any atom is -0.337 e. The molecule has 0 saturated heterocycles. The Morgan fingerprint density at radius 1 is 1.12 bits per heavy atom. The number of nitrogens with zero attached hydrogens (tertiary/aromatic N) is 4. The fraction of sp³-hybridized carbons (Fsp3) is 0.273. The fourth-order valence-corrected chi connectivity index (χ4v) is 3.51. The van der Waals surface area contributed by atoms with E-state index in [1.165, 1.54) is 34.8 Å². The van der Waals surface area contributed by atoms with Crippen LogP contribution in [0.15, 0.2) is 48.5 Å². The predicted molar refractivity (Wildman–Crippen MR) is 111 cm³/mol. The van der Waals surface area contributed by atoms with Crippen LogP contribution >= 0.6 is 0 Å². The minimum atomic E-state index is -4.50. The van der Waals surface area contributed by atoms with Gasteiger partial charge >= 0.3 is 11.9 Å². The molecule has 1 heterocycles. The topological polar surface area (TPSA) is 81.3 Å². The summed E-state index contributed by atoms with van der Waals surface area (Å²) in [5.41, 5.74) is 1.05. The van der Waals surface area contributed by atoms with E-state index < -0.39 is 22.6 Å². The Labute approximate surface area is 182 Å². The van der Waals surface area contributed by atoms with Crippen molar-refractivity contribution in [3.63, 3.8) is 0 Å². The van der Waals surface area contributed by atoms with Crippen LogP contribution in [-0.2, 0) is 19.3 Å². The molecule has 0 spiro atoms. The first-order chi connectivity index (χ1) is 15.0. The van der Waals surface area contributed by atoms with Gasteiger partial charge in [0, 0.05) is 19.2 Å². The largest absolute Gasteiger partial charge is 0.416 e. The Morgan fingerprint density at radius 2 is 1.75 bits per heavy atom. The number of carbonyl (C=O) groups is 1. The Morgan fingerprint density at radius 3 is 2.31 bits per heavy atom. The lowest BCUT2D eigenvalue weighted by molar-refractivity contribution is -0.386. The summed E-state index contributed by atoms with van der Waals surface area (Å²) in [4.78, 5) is 24.6. The van der Waals surface area contributed by atoms with E-state index in [-0.39, 0.29) is 24.3 Å². The van der Waals surface area contributed by atoms with Gasteiger partial charge in [-0.3, -0.25) is 19.6 Å². The number of benzene rings is 2. The molecule has 0 aliphatic rings. The molecule has 1 aromatic heterocycles. The number of hydrogen-bond acceptors (Lipinski definition) is 4. The number of carbonyl (C=O) groups excluding carboxylic acids is 1. The van der Waals surface area contributed by atoms with Crippen molar-refractivity contribution in [2.75, 3.05) is 7.05 Å². The standard InChI is InChI=1S/C22H21F3N4O3/c1-14-20(29(31)32)15(2)28(26-14)12-16-8-10-17(11-9-16)21(30)27(3)13-18-6-4-5-7-19(18)22(23,24)25/h4-11H,12-13H2,1-3H3. The molecule has 0 bridgehead atoms. The van der Waals surface area contributed by atoms with Crippen molar-refractivity contribution >= 4 is 11.6 Å². The Kier molecular flexibility index (Phi) is 6.33. The van der Waals surface area contributed by atoms with Crippen LogP contribution in [0.5, 0.6) is 0 Å². The van der Waals surface area contributed by atoms with Gasteiger partial charge in [-0.1, -0.05) is 30.3 Å². The fourth-order valence-electron chi connectivity index (χ4n) is 3.51. The van der Waals surface area contributed by atoms with Gasteiger partial charge in [0.05, 0.1) is 17.0 Å². The smallest absolute Gasteiger partial charge is 0.337 e. The van der Waals surface area contributed by atoms with Crippen molar-refractivity contribution < 1.29 is 22.9 Å². The predicted octanol–water partition coefficient (Wildman–Crippen LogP) is 4.75. The van der Waals surface area contributed by atoms with Gasteiger partial charge in [-0.2, -0.15) is 18.3 Å². The third kappa shape index (κ3) is 4.79. The lowest BCUT2D eigenvalue weighted by Crippen LogP contribution is -2.27. The molecule has 32 heavy (non-hydrogen) atoms. The van der Waals surface area contributed by atoms with Gasteiger partial charge in [-0.15, -0.1) is 0 Å². The molecule has 0 aliphatic heterocycles. The zero-order valence-corrected chi connectivity index (χ0v) is 17.7. The van der Waals surface area contributed by atoms with Crippen LogP contribution in [-0.4, -0.2) is 32.6 Å². The number of hydrogen-bond donors (Lipinski definition) is 0. The van der Waals surface area contributed by atoms with E-state index >= 15 is 0 Å². The molecule has 3 rings (SSSR count). The van der Waals surface area contributed by atoms with Crippen LogP contribution in [0.1, 0.15) is 38.4 Å². The van der Waals surface area contributed by atoms with Crippen LogP contribution in [0.25, 0.3) is 0 Å². The lowest BCUT2D eigenvalue weighted by Gasteiger charge is -2.20. The van der Waals surface area contributed by atoms with Gasteiger partial charge in [-0.25, -0.2) is 0 Å². The maximum atomic E-state index is 13.2. The first kappa shape index (κ1) is 23.0. The average molecular weight is 446 g/mol. The summed E-state index contributed by atoms with van der Waals surface area (Å²) in [7, 11) is 1.44. The molecule has 0 unspecified atom stereocenters. The van der Waals surface area contributed by atoms with E-state index in [9.17, 15) is 28.1 Å². The molecule has 0 atom stereocenters. The molecule has 10 heteroatoms. The summed E-state index contributed by atoms with van der Waals surface area (Å²) in [6, 6.07) is 11.7. The van der Waals surface area contributed by atoms with E-state index in [2.05, 4.69) is 5.10 Å². The Bertz CT molecular complexity index is 1150. The average Bonchev–Trinajstić information content (AvgIpc) is 3.00. The molecule has 1 amide bonds. The van der Waals surface area contributed by atoms with Gasteiger partial charge in [0.25, 0.3) is 5.91 Å². The van der Waals surface area contributed by atoms with Gasteiger partial charge < -0.3 is 4.90 Å². The Hall–Kier alpha value is -3.69. The molecule has 168 valence electrons. The Balaban J connectivity index is 1.73. The van der Waals surface area contributed by atoms with Crippen molar-refractivity contribution in [2.24, 2.45) is 0 Å². The molecule has 0 radical (unpaired) electrons. The number of halogens is 3. The second-order valence-electron chi connectivity index (χ2n) is 7.45. The lowest BCUT2D eigenvalue weighted by atomic mass is 10.1. The first-order valence-corrected chi connectivity index (χ1v) is 9.67. The molecular formula is C22H21F3N4O3. The van der Waals surface area contributed by atoms with Crippen molar-refractivity contribution in [3.05, 3.63) is 92.3 Å². The van der Waals surface area contributed by atoms with Crippen molar-refractivity contribution in [1.29, 1.82) is 0 Å². The minimum absolute atomic E-state index is 0.0126. The summed E-state index contributed by atoms with van der Waals surface area (Å²) >= 11 is 0. The number of rotatable bonds is 6. The van der Waals surface area contributed by atoms with Crippen LogP contribution in [0, 0.1) is 24.0 Å². The van der Waals surface area contributed by atoms with E-state index in [0.717, 1.165) is 11.6 Å². The molecule has 7 nitrogen and oxygen atoms in total. The highest BCUT2D eigenvalue weighted by Gasteiger charge is 2.33. The summed E-state index contributed by atoms with van der Waals surface area (Å²) < 4.78 is 41.1. The number of nitro groups is 1. The molecule has 3 aromatic rings. The number of alkyl halides is 3. The van der Waals surface area contributed by atoms with Crippen molar-refractivity contribution in [1.82, 2.24) is 14.7 Å². The normalized spacial score (nSPS) is 11.4. The quantitative estimate of drug-likeness (QED) is 0.404. The third-order valence-electron chi connectivity index (χ3n) is 5.14. The monoisotopic (exact) mass is 446 g/mol. The van der Waals surface area contributed by atoms with Gasteiger partial charge in [0.15, 0.2) is 0 Å².